The summed E-state index contributed by atoms with van der Waals surface area (Å²) in [5.74, 6) is -2.59. The maximum absolute atomic E-state index is 12.8. The third-order valence-corrected chi connectivity index (χ3v) is 4.59. The molecule has 0 aliphatic carbocycles. The zero-order chi connectivity index (χ0) is 23.6. The van der Waals surface area contributed by atoms with Crippen molar-refractivity contribution in [2.75, 3.05) is 6.54 Å². The third kappa shape index (κ3) is 9.34. The van der Waals surface area contributed by atoms with Crippen molar-refractivity contribution in [2.24, 2.45) is 28.1 Å². The molecule has 31 heavy (non-hydrogen) atoms. The molecule has 0 spiro atoms. The zero-order valence-electron chi connectivity index (χ0n) is 17.7. The Hall–Kier alpha value is -3.34. The van der Waals surface area contributed by atoms with Crippen LogP contribution < -0.4 is 27.8 Å². The lowest BCUT2D eigenvalue weighted by atomic mass is 10.0. The molecule has 0 aromatic heterocycles. The highest BCUT2D eigenvalue weighted by atomic mass is 16.4. The van der Waals surface area contributed by atoms with Crippen LogP contribution in [0.3, 0.4) is 0 Å². The first-order valence-electron chi connectivity index (χ1n) is 9.93. The summed E-state index contributed by atoms with van der Waals surface area (Å²) >= 11 is 0. The van der Waals surface area contributed by atoms with Crippen LogP contribution in [0.4, 0.5) is 0 Å². The first kappa shape index (κ1) is 25.7. The Morgan fingerprint density at radius 2 is 1.61 bits per heavy atom. The number of hydrogen-bond acceptors (Lipinski definition) is 6. The molecule has 0 heterocycles. The molecule has 1 rings (SSSR count). The summed E-state index contributed by atoms with van der Waals surface area (Å²) in [4.78, 5) is 40.7. The number of phenols is 1. The van der Waals surface area contributed by atoms with Crippen molar-refractivity contribution in [3.63, 3.8) is 0 Å². The Balaban J connectivity index is 2.89. The zero-order valence-corrected chi connectivity index (χ0v) is 17.7. The van der Waals surface area contributed by atoms with Gasteiger partial charge in [-0.2, -0.15) is 0 Å². The van der Waals surface area contributed by atoms with Crippen LogP contribution in [0.5, 0.6) is 5.75 Å². The number of aliphatic carboxylic acids is 1. The van der Waals surface area contributed by atoms with Crippen LogP contribution in [0, 0.1) is 5.92 Å². The molecule has 2 amide bonds. The van der Waals surface area contributed by atoms with E-state index in [9.17, 15) is 24.6 Å². The topological polar surface area (TPSA) is 206 Å². The van der Waals surface area contributed by atoms with Crippen LogP contribution in [0.2, 0.25) is 0 Å². The first-order valence-corrected chi connectivity index (χ1v) is 9.93. The van der Waals surface area contributed by atoms with Gasteiger partial charge >= 0.3 is 5.97 Å². The predicted octanol–water partition coefficient (Wildman–Crippen LogP) is -0.974. The number of aromatic hydroxyl groups is 1. The van der Waals surface area contributed by atoms with Crippen molar-refractivity contribution < 1.29 is 24.6 Å². The number of aliphatic imine (C=N–C) groups is 1. The average molecular weight is 437 g/mol. The molecule has 10 N–H and O–H groups in total. The number of nitrogens with one attached hydrogen (secondary N) is 2. The molecule has 0 unspecified atom stereocenters. The lowest BCUT2D eigenvalue weighted by Crippen LogP contribution is -2.55. The van der Waals surface area contributed by atoms with E-state index in [0.29, 0.717) is 12.0 Å². The fourth-order valence-electron chi connectivity index (χ4n) is 2.68. The van der Waals surface area contributed by atoms with Crippen molar-refractivity contribution in [3.8, 4) is 5.75 Å². The number of carboxylic acid groups (broad SMARTS) is 1. The summed E-state index contributed by atoms with van der Waals surface area (Å²) < 4.78 is 0. The van der Waals surface area contributed by atoms with E-state index >= 15 is 0 Å². The van der Waals surface area contributed by atoms with Gasteiger partial charge in [-0.25, -0.2) is 4.79 Å². The second kappa shape index (κ2) is 12.4. The number of carbonyl (C=O) groups excluding carboxylic acids is 2. The highest BCUT2D eigenvalue weighted by molar-refractivity contribution is 5.91. The number of phenolic OH excluding ortho intramolecular Hbond substituents is 1. The van der Waals surface area contributed by atoms with Crippen molar-refractivity contribution in [3.05, 3.63) is 29.8 Å². The highest BCUT2D eigenvalue weighted by Crippen LogP contribution is 2.12. The highest BCUT2D eigenvalue weighted by Gasteiger charge is 2.28. The average Bonchev–Trinajstić information content (AvgIpc) is 2.69. The lowest BCUT2D eigenvalue weighted by molar-refractivity contribution is -0.142. The molecule has 3 atom stereocenters. The first-order chi connectivity index (χ1) is 14.5. The number of hydrogen-bond donors (Lipinski definition) is 7. The molecule has 0 saturated carbocycles. The number of rotatable bonds is 12. The molecular formula is C20H32N6O5. The van der Waals surface area contributed by atoms with Gasteiger partial charge in [0.15, 0.2) is 5.96 Å². The number of carbonyl (C=O) groups is 3. The van der Waals surface area contributed by atoms with Gasteiger partial charge < -0.3 is 38.0 Å². The number of amides is 2. The van der Waals surface area contributed by atoms with E-state index in [-0.39, 0.29) is 37.0 Å². The van der Waals surface area contributed by atoms with E-state index in [0.717, 1.165) is 0 Å². The maximum Gasteiger partial charge on any atom is 0.326 e. The van der Waals surface area contributed by atoms with Crippen LogP contribution in [-0.4, -0.2) is 58.6 Å². The minimum absolute atomic E-state index is 0.00152. The number of benzene rings is 1. The predicted molar refractivity (Wildman–Crippen MR) is 116 cm³/mol. The number of guanidine groups is 1. The molecule has 0 bridgehead atoms. The van der Waals surface area contributed by atoms with Gasteiger partial charge in [-0.1, -0.05) is 26.0 Å². The summed E-state index contributed by atoms with van der Waals surface area (Å²) in [6, 6.07) is 2.93. The molecule has 0 saturated heterocycles. The molecule has 0 fully saturated rings. The fraction of sp³-hybridized carbons (Fsp3) is 0.500. The summed E-state index contributed by atoms with van der Waals surface area (Å²) in [6.45, 7) is 3.79. The SMILES string of the molecule is CC(C)[C@H](N)C(=O)N[C@@H](CCCN=C(N)N)C(=O)N[C@@H](Cc1ccc(O)cc1)C(=O)O. The van der Waals surface area contributed by atoms with Crippen molar-refractivity contribution in [1.29, 1.82) is 0 Å². The van der Waals surface area contributed by atoms with Gasteiger partial charge in [0.25, 0.3) is 0 Å². The molecule has 0 aliphatic heterocycles. The minimum Gasteiger partial charge on any atom is -0.508 e. The molecule has 1 aromatic carbocycles. The van der Waals surface area contributed by atoms with Gasteiger partial charge in [0, 0.05) is 13.0 Å². The van der Waals surface area contributed by atoms with Gasteiger partial charge in [-0.05, 0) is 36.5 Å². The quantitative estimate of drug-likeness (QED) is 0.123. The van der Waals surface area contributed by atoms with E-state index < -0.39 is 35.9 Å². The summed E-state index contributed by atoms with van der Waals surface area (Å²) in [5.41, 5.74) is 17.0. The number of carboxylic acids is 1. The maximum atomic E-state index is 12.8. The summed E-state index contributed by atoms with van der Waals surface area (Å²) in [5, 5.41) is 23.9. The normalized spacial score (nSPS) is 13.7. The van der Waals surface area contributed by atoms with E-state index in [2.05, 4.69) is 15.6 Å². The van der Waals surface area contributed by atoms with E-state index in [1.807, 2.05) is 0 Å². The Morgan fingerprint density at radius 3 is 2.13 bits per heavy atom. The van der Waals surface area contributed by atoms with Gasteiger partial charge in [0.1, 0.15) is 17.8 Å². The molecule has 172 valence electrons. The second-order valence-corrected chi connectivity index (χ2v) is 7.55. The van der Waals surface area contributed by atoms with Crippen LogP contribution in [-0.2, 0) is 20.8 Å². The van der Waals surface area contributed by atoms with Gasteiger partial charge in [-0.3, -0.25) is 14.6 Å². The Kier molecular flexibility index (Phi) is 10.3. The van der Waals surface area contributed by atoms with E-state index in [1.165, 1.54) is 12.1 Å². The van der Waals surface area contributed by atoms with Gasteiger partial charge in [-0.15, -0.1) is 0 Å². The van der Waals surface area contributed by atoms with Crippen LogP contribution in [0.25, 0.3) is 0 Å². The van der Waals surface area contributed by atoms with Crippen molar-refractivity contribution in [2.45, 2.75) is 51.2 Å². The fourth-order valence-corrected chi connectivity index (χ4v) is 2.68. The summed E-state index contributed by atoms with van der Waals surface area (Å²) in [6.07, 6.45) is 0.565. The van der Waals surface area contributed by atoms with E-state index in [1.54, 1.807) is 26.0 Å². The Bertz CT molecular complexity index is 777. The molecule has 11 heteroatoms. The lowest BCUT2D eigenvalue weighted by Gasteiger charge is -2.24. The van der Waals surface area contributed by atoms with Gasteiger partial charge in [0.2, 0.25) is 11.8 Å². The Morgan fingerprint density at radius 1 is 1.03 bits per heavy atom. The van der Waals surface area contributed by atoms with Crippen LogP contribution >= 0.6 is 0 Å². The largest absolute Gasteiger partial charge is 0.508 e. The molecular weight excluding hydrogens is 404 g/mol. The van der Waals surface area contributed by atoms with Crippen molar-refractivity contribution >= 4 is 23.7 Å². The molecule has 11 nitrogen and oxygen atoms in total. The minimum atomic E-state index is -1.23. The molecule has 0 aliphatic rings. The number of nitrogens with zero attached hydrogens (tertiary/aromatic N) is 1. The van der Waals surface area contributed by atoms with Crippen LogP contribution in [0.1, 0.15) is 32.3 Å². The molecule has 1 aromatic rings. The van der Waals surface area contributed by atoms with Crippen LogP contribution in [0.15, 0.2) is 29.3 Å². The second-order valence-electron chi connectivity index (χ2n) is 7.55. The summed E-state index contributed by atoms with van der Waals surface area (Å²) in [7, 11) is 0. The van der Waals surface area contributed by atoms with Crippen molar-refractivity contribution in [1.82, 2.24) is 10.6 Å². The number of nitrogens with two attached hydrogens (primary N) is 3. The monoisotopic (exact) mass is 436 g/mol. The third-order valence-electron chi connectivity index (χ3n) is 4.59. The van der Waals surface area contributed by atoms with E-state index in [4.69, 9.17) is 17.2 Å². The smallest absolute Gasteiger partial charge is 0.326 e. The Labute approximate surface area is 181 Å². The standard InChI is InChI=1S/C20H32N6O5/c1-11(2)16(21)18(29)25-14(4-3-9-24-20(22)23)17(28)26-15(19(30)31)10-12-5-7-13(27)8-6-12/h5-8,11,14-16,27H,3-4,9-10,21H2,1-2H3,(H,25,29)(H,26,28)(H,30,31)(H4,22,23,24)/t14-,15-,16-/m0/s1. The van der Waals surface area contributed by atoms with Gasteiger partial charge in [0.05, 0.1) is 6.04 Å². The molecule has 0 radical (unpaired) electrons.